The van der Waals surface area contributed by atoms with Crippen molar-refractivity contribution in [3.8, 4) is 0 Å². The molecule has 1 fully saturated rings. The van der Waals surface area contributed by atoms with Crippen molar-refractivity contribution in [3.63, 3.8) is 0 Å². The summed E-state index contributed by atoms with van der Waals surface area (Å²) >= 11 is 0. The summed E-state index contributed by atoms with van der Waals surface area (Å²) in [5.74, 6) is -1.60. The summed E-state index contributed by atoms with van der Waals surface area (Å²) in [6, 6.07) is 2.61. The molecule has 3 N–H and O–H groups in total. The van der Waals surface area contributed by atoms with Gasteiger partial charge in [-0.15, -0.1) is 0 Å². The minimum atomic E-state index is -0.639. The number of halogens is 2. The van der Waals surface area contributed by atoms with E-state index in [1.807, 2.05) is 0 Å². The predicted octanol–water partition coefficient (Wildman–Crippen LogP) is 0.141. The molecule has 0 saturated carbocycles. The van der Waals surface area contributed by atoms with Crippen molar-refractivity contribution in [1.82, 2.24) is 10.2 Å². The van der Waals surface area contributed by atoms with Gasteiger partial charge in [0.15, 0.2) is 6.54 Å². The molecule has 1 heterocycles. The highest BCUT2D eigenvalue weighted by Crippen LogP contribution is 2.14. The number of rotatable bonds is 4. The first-order valence-corrected chi connectivity index (χ1v) is 6.35. The Balaban J connectivity index is 1.93. The third kappa shape index (κ3) is 3.11. The van der Waals surface area contributed by atoms with E-state index >= 15 is 0 Å². The zero-order valence-electron chi connectivity index (χ0n) is 11.0. The number of imide groups is 1. The molecule has 0 spiro atoms. The summed E-state index contributed by atoms with van der Waals surface area (Å²) < 4.78 is 26.4. The van der Waals surface area contributed by atoms with Crippen LogP contribution in [0.25, 0.3) is 0 Å². The van der Waals surface area contributed by atoms with Gasteiger partial charge < -0.3 is 10.6 Å². The number of nitrogens with two attached hydrogens (primary N) is 1. The normalized spacial score (nSPS) is 16.1. The summed E-state index contributed by atoms with van der Waals surface area (Å²) in [7, 11) is 0. The van der Waals surface area contributed by atoms with Crippen LogP contribution in [-0.4, -0.2) is 36.5 Å². The standard InChI is InChI=1S/C13H15F2N3O2/c1-8(10-3-2-9(14)6-11(10)15)17-7-12(19)18-5-4-16-13(18)20/h2-3,6,8,17H,4-5,7H2,1H3,(H,16,20)/p+1/t8-/m1/s1. The maximum atomic E-state index is 13.6. The predicted molar refractivity (Wildman–Crippen MR) is 66.7 cm³/mol. The van der Waals surface area contributed by atoms with Crippen LogP contribution in [0.3, 0.4) is 0 Å². The van der Waals surface area contributed by atoms with E-state index in [1.54, 1.807) is 12.2 Å². The first-order valence-electron chi connectivity index (χ1n) is 6.35. The molecule has 7 heteroatoms. The molecule has 1 aromatic carbocycles. The van der Waals surface area contributed by atoms with Crippen molar-refractivity contribution in [2.24, 2.45) is 0 Å². The van der Waals surface area contributed by atoms with Crippen molar-refractivity contribution in [1.29, 1.82) is 0 Å². The Bertz CT molecular complexity index is 536. The van der Waals surface area contributed by atoms with Gasteiger partial charge in [0.2, 0.25) is 0 Å². The van der Waals surface area contributed by atoms with Gasteiger partial charge >= 0.3 is 6.03 Å². The molecular formula is C13H16F2N3O2+. The quantitative estimate of drug-likeness (QED) is 0.826. The van der Waals surface area contributed by atoms with Gasteiger partial charge in [0.25, 0.3) is 5.91 Å². The zero-order valence-corrected chi connectivity index (χ0v) is 11.0. The zero-order chi connectivity index (χ0) is 14.7. The summed E-state index contributed by atoms with van der Waals surface area (Å²) in [4.78, 5) is 24.2. The van der Waals surface area contributed by atoms with Crippen molar-refractivity contribution in [2.75, 3.05) is 19.6 Å². The van der Waals surface area contributed by atoms with E-state index in [-0.39, 0.29) is 18.5 Å². The molecule has 108 valence electrons. The highest BCUT2D eigenvalue weighted by atomic mass is 19.1. The molecular weight excluding hydrogens is 268 g/mol. The summed E-state index contributed by atoms with van der Waals surface area (Å²) in [5, 5.41) is 4.15. The third-order valence-electron chi connectivity index (χ3n) is 3.26. The highest BCUT2D eigenvalue weighted by molar-refractivity contribution is 5.96. The number of hydrogen-bond donors (Lipinski definition) is 2. The second kappa shape index (κ2) is 5.96. The molecule has 0 unspecified atom stereocenters. The molecule has 1 aromatic rings. The number of quaternary nitrogens is 1. The fourth-order valence-electron chi connectivity index (χ4n) is 2.10. The molecule has 20 heavy (non-hydrogen) atoms. The van der Waals surface area contributed by atoms with Crippen LogP contribution in [0.5, 0.6) is 0 Å². The fraction of sp³-hybridized carbons (Fsp3) is 0.385. The number of amides is 3. The van der Waals surface area contributed by atoms with Crippen molar-refractivity contribution in [2.45, 2.75) is 13.0 Å². The molecule has 0 radical (unpaired) electrons. The van der Waals surface area contributed by atoms with Crippen LogP contribution in [0.15, 0.2) is 18.2 Å². The van der Waals surface area contributed by atoms with Crippen LogP contribution in [0.4, 0.5) is 13.6 Å². The van der Waals surface area contributed by atoms with Crippen LogP contribution in [0.2, 0.25) is 0 Å². The van der Waals surface area contributed by atoms with Crippen molar-refractivity contribution < 1.29 is 23.7 Å². The van der Waals surface area contributed by atoms with E-state index in [4.69, 9.17) is 0 Å². The SMILES string of the molecule is C[C@@H]([NH2+]CC(=O)N1CCNC1=O)c1ccc(F)cc1F. The Morgan fingerprint density at radius 2 is 2.25 bits per heavy atom. The van der Waals surface area contributed by atoms with Crippen LogP contribution >= 0.6 is 0 Å². The Morgan fingerprint density at radius 1 is 1.50 bits per heavy atom. The molecule has 1 saturated heterocycles. The average Bonchev–Trinajstić information content (AvgIpc) is 2.82. The summed E-state index contributed by atoms with van der Waals surface area (Å²) in [6.07, 6.45) is 0. The number of benzene rings is 1. The number of nitrogens with zero attached hydrogens (tertiary/aromatic N) is 1. The van der Waals surface area contributed by atoms with E-state index in [2.05, 4.69) is 5.32 Å². The third-order valence-corrected chi connectivity index (χ3v) is 3.26. The smallest absolute Gasteiger partial charge is 0.324 e. The molecule has 2 rings (SSSR count). The summed E-state index contributed by atoms with van der Waals surface area (Å²) in [6.45, 7) is 2.55. The largest absolute Gasteiger partial charge is 0.336 e. The Hall–Kier alpha value is -2.02. The van der Waals surface area contributed by atoms with E-state index in [1.165, 1.54) is 12.1 Å². The van der Waals surface area contributed by atoms with Gasteiger partial charge in [-0.1, -0.05) is 0 Å². The fourth-order valence-corrected chi connectivity index (χ4v) is 2.10. The molecule has 1 aliphatic heterocycles. The molecule has 0 aromatic heterocycles. The minimum Gasteiger partial charge on any atom is -0.336 e. The number of urea groups is 1. The maximum Gasteiger partial charge on any atom is 0.324 e. The average molecular weight is 284 g/mol. The number of carbonyl (C=O) groups is 2. The molecule has 3 amide bonds. The number of carbonyl (C=O) groups excluding carboxylic acids is 2. The lowest BCUT2D eigenvalue weighted by molar-refractivity contribution is -0.683. The Morgan fingerprint density at radius 3 is 2.85 bits per heavy atom. The molecule has 1 atom stereocenters. The topological polar surface area (TPSA) is 66.0 Å². The molecule has 1 aliphatic rings. The van der Waals surface area contributed by atoms with E-state index in [9.17, 15) is 18.4 Å². The minimum absolute atomic E-state index is 0.0331. The van der Waals surface area contributed by atoms with Crippen molar-refractivity contribution >= 4 is 11.9 Å². The first kappa shape index (κ1) is 14.4. The maximum absolute atomic E-state index is 13.6. The van der Waals surface area contributed by atoms with Gasteiger partial charge in [-0.05, 0) is 19.1 Å². The Kier molecular flexibility index (Phi) is 4.29. The van der Waals surface area contributed by atoms with Crippen molar-refractivity contribution in [3.05, 3.63) is 35.4 Å². The summed E-state index contributed by atoms with van der Waals surface area (Å²) in [5.41, 5.74) is 0.324. The highest BCUT2D eigenvalue weighted by Gasteiger charge is 2.27. The lowest BCUT2D eigenvalue weighted by atomic mass is 10.1. The second-order valence-corrected chi connectivity index (χ2v) is 4.67. The van der Waals surface area contributed by atoms with Crippen LogP contribution < -0.4 is 10.6 Å². The lowest BCUT2D eigenvalue weighted by Crippen LogP contribution is -2.87. The van der Waals surface area contributed by atoms with Crippen LogP contribution in [-0.2, 0) is 4.79 Å². The van der Waals surface area contributed by atoms with Crippen LogP contribution in [0.1, 0.15) is 18.5 Å². The van der Waals surface area contributed by atoms with Gasteiger partial charge in [0, 0.05) is 24.7 Å². The lowest BCUT2D eigenvalue weighted by Gasteiger charge is -2.14. The number of nitrogens with one attached hydrogen (secondary N) is 1. The monoisotopic (exact) mass is 284 g/mol. The van der Waals surface area contributed by atoms with Crippen LogP contribution in [0, 0.1) is 11.6 Å². The number of hydrogen-bond acceptors (Lipinski definition) is 2. The molecule has 0 aliphatic carbocycles. The van der Waals surface area contributed by atoms with Gasteiger partial charge in [0.05, 0.1) is 0 Å². The molecule has 5 nitrogen and oxygen atoms in total. The van der Waals surface area contributed by atoms with Gasteiger partial charge in [-0.25, -0.2) is 13.6 Å². The van der Waals surface area contributed by atoms with E-state index in [0.29, 0.717) is 18.7 Å². The molecule has 0 bridgehead atoms. The van der Waals surface area contributed by atoms with E-state index < -0.39 is 17.7 Å². The van der Waals surface area contributed by atoms with E-state index in [0.717, 1.165) is 11.0 Å². The second-order valence-electron chi connectivity index (χ2n) is 4.67. The van der Waals surface area contributed by atoms with Gasteiger partial charge in [-0.3, -0.25) is 9.69 Å². The van der Waals surface area contributed by atoms with Gasteiger partial charge in [0.1, 0.15) is 17.7 Å². The first-order chi connectivity index (χ1) is 9.49. The Labute approximate surface area is 114 Å². The van der Waals surface area contributed by atoms with Gasteiger partial charge in [-0.2, -0.15) is 0 Å².